The summed E-state index contributed by atoms with van der Waals surface area (Å²) in [6, 6.07) is 9.69. The number of benzene rings is 1. The van der Waals surface area contributed by atoms with Gasteiger partial charge in [-0.1, -0.05) is 30.7 Å². The summed E-state index contributed by atoms with van der Waals surface area (Å²) in [5.74, 6) is 1.54. The Balaban J connectivity index is 1.65. The van der Waals surface area contributed by atoms with Crippen molar-refractivity contribution in [1.29, 1.82) is 0 Å². The Morgan fingerprint density at radius 2 is 2.16 bits per heavy atom. The Hall–Kier alpha value is -1.69. The molecule has 1 fully saturated rings. The molecule has 3 aromatic rings. The van der Waals surface area contributed by atoms with Crippen LogP contribution in [0, 0.1) is 5.92 Å². The molecular weight excluding hydrogens is 354 g/mol. The molecule has 1 aliphatic rings. The van der Waals surface area contributed by atoms with Gasteiger partial charge in [-0.05, 0) is 36.6 Å². The largest absolute Gasteiger partial charge is 0.328 e. The summed E-state index contributed by atoms with van der Waals surface area (Å²) in [6.45, 7) is 5.41. The predicted octanol–water partition coefficient (Wildman–Crippen LogP) is 3.12. The molecule has 130 valence electrons. The van der Waals surface area contributed by atoms with Crippen LogP contribution < -0.4 is 10.5 Å². The monoisotopic (exact) mass is 374 g/mol. The highest BCUT2D eigenvalue weighted by Gasteiger charge is 2.21. The molecule has 6 heteroatoms. The number of nitrogens with one attached hydrogen (secondary N) is 2. The Bertz CT molecular complexity index is 947. The van der Waals surface area contributed by atoms with Crippen molar-refractivity contribution in [3.63, 3.8) is 0 Å². The molecule has 0 saturated carbocycles. The van der Waals surface area contributed by atoms with Gasteiger partial charge in [-0.2, -0.15) is 0 Å². The van der Waals surface area contributed by atoms with Crippen LogP contribution in [0.1, 0.15) is 25.6 Å². The van der Waals surface area contributed by atoms with E-state index in [2.05, 4.69) is 11.9 Å². The van der Waals surface area contributed by atoms with Crippen molar-refractivity contribution in [2.24, 2.45) is 5.92 Å². The van der Waals surface area contributed by atoms with Gasteiger partial charge in [0.25, 0.3) is 5.56 Å². The van der Waals surface area contributed by atoms with E-state index in [4.69, 9.17) is 16.6 Å². The molecule has 0 aliphatic carbocycles. The van der Waals surface area contributed by atoms with Gasteiger partial charge < -0.3 is 9.88 Å². The Morgan fingerprint density at radius 1 is 1.36 bits per heavy atom. The van der Waals surface area contributed by atoms with E-state index in [1.54, 1.807) is 0 Å². The number of piperidine rings is 1. The number of halogens is 1. The summed E-state index contributed by atoms with van der Waals surface area (Å²) >= 11 is 7.44. The van der Waals surface area contributed by atoms with E-state index >= 15 is 0 Å². The van der Waals surface area contributed by atoms with Crippen molar-refractivity contribution >= 4 is 33.2 Å². The molecule has 4 nitrogen and oxygen atoms in total. The SMILES string of the molecule is C[C@@H]1CCC[NH+](Cc2nc3cc(-c4ccc(Cl)cc4)sc3c(=O)[nH]2)C1. The van der Waals surface area contributed by atoms with Crippen LogP contribution in [0.2, 0.25) is 5.02 Å². The van der Waals surface area contributed by atoms with Crippen LogP contribution >= 0.6 is 22.9 Å². The van der Waals surface area contributed by atoms with Crippen molar-refractivity contribution < 1.29 is 4.90 Å². The van der Waals surface area contributed by atoms with Gasteiger partial charge >= 0.3 is 0 Å². The highest BCUT2D eigenvalue weighted by molar-refractivity contribution is 7.22. The van der Waals surface area contributed by atoms with Crippen LogP contribution in [0.25, 0.3) is 20.7 Å². The van der Waals surface area contributed by atoms with Gasteiger partial charge in [0.1, 0.15) is 11.2 Å². The first kappa shape index (κ1) is 16.8. The molecule has 3 heterocycles. The number of hydrogen-bond donors (Lipinski definition) is 2. The first-order chi connectivity index (χ1) is 12.1. The molecule has 0 bridgehead atoms. The molecule has 25 heavy (non-hydrogen) atoms. The summed E-state index contributed by atoms with van der Waals surface area (Å²) in [5, 5.41) is 0.710. The van der Waals surface area contributed by atoms with Gasteiger partial charge in [-0.15, -0.1) is 11.3 Å². The lowest BCUT2D eigenvalue weighted by Crippen LogP contribution is -3.12. The lowest BCUT2D eigenvalue weighted by Gasteiger charge is -2.27. The topological polar surface area (TPSA) is 50.2 Å². The normalized spacial score (nSPS) is 20.9. The molecule has 1 aromatic carbocycles. The van der Waals surface area contributed by atoms with Gasteiger partial charge in [0, 0.05) is 15.8 Å². The molecule has 1 unspecified atom stereocenters. The average Bonchev–Trinajstić information content (AvgIpc) is 3.00. The van der Waals surface area contributed by atoms with Crippen LogP contribution in [0.4, 0.5) is 0 Å². The van der Waals surface area contributed by atoms with Crippen LogP contribution in [0.5, 0.6) is 0 Å². The van der Waals surface area contributed by atoms with Gasteiger partial charge in [0.2, 0.25) is 0 Å². The number of fused-ring (bicyclic) bond motifs is 1. The molecule has 2 aromatic heterocycles. The standard InChI is InChI=1S/C19H20ClN3OS/c1-12-3-2-8-23(10-12)11-17-21-15-9-16(25-18(15)19(24)22-17)13-4-6-14(20)7-5-13/h4-7,9,12H,2-3,8,10-11H2,1H3,(H,21,22,24)/p+1/t12-/m1/s1. The predicted molar refractivity (Wildman–Crippen MR) is 103 cm³/mol. The molecule has 1 aliphatic heterocycles. The van der Waals surface area contributed by atoms with E-state index in [9.17, 15) is 4.79 Å². The first-order valence-corrected chi connectivity index (χ1v) is 9.90. The zero-order chi connectivity index (χ0) is 17.4. The molecule has 0 amide bonds. The molecule has 2 atom stereocenters. The van der Waals surface area contributed by atoms with Crippen LogP contribution in [-0.2, 0) is 6.54 Å². The van der Waals surface area contributed by atoms with Crippen molar-refractivity contribution in [2.75, 3.05) is 13.1 Å². The van der Waals surface area contributed by atoms with Gasteiger partial charge in [0.05, 0.1) is 18.6 Å². The lowest BCUT2D eigenvalue weighted by atomic mass is 10.0. The highest BCUT2D eigenvalue weighted by atomic mass is 35.5. The third-order valence-electron chi connectivity index (χ3n) is 4.84. The maximum absolute atomic E-state index is 12.5. The van der Waals surface area contributed by atoms with Crippen molar-refractivity contribution in [1.82, 2.24) is 9.97 Å². The van der Waals surface area contributed by atoms with Crippen LogP contribution in [-0.4, -0.2) is 23.1 Å². The fraction of sp³-hybridized carbons (Fsp3) is 0.368. The minimum Gasteiger partial charge on any atom is -0.328 e. The lowest BCUT2D eigenvalue weighted by molar-refractivity contribution is -0.922. The minimum absolute atomic E-state index is 0.0327. The van der Waals surface area contributed by atoms with E-state index in [1.165, 1.54) is 29.1 Å². The number of likely N-dealkylation sites (tertiary alicyclic amines) is 1. The number of thiophene rings is 1. The van der Waals surface area contributed by atoms with Crippen molar-refractivity contribution in [2.45, 2.75) is 26.3 Å². The van der Waals surface area contributed by atoms with E-state index in [0.29, 0.717) is 9.72 Å². The summed E-state index contributed by atoms with van der Waals surface area (Å²) in [6.07, 6.45) is 2.56. The Labute approximate surface area is 155 Å². The number of nitrogens with zero attached hydrogens (tertiary/aromatic N) is 1. The summed E-state index contributed by atoms with van der Waals surface area (Å²) in [7, 11) is 0. The second-order valence-corrected chi connectivity index (χ2v) is 8.46. The molecule has 4 rings (SSSR count). The second kappa shape index (κ2) is 6.90. The third-order valence-corrected chi connectivity index (χ3v) is 6.27. The number of rotatable bonds is 3. The van der Waals surface area contributed by atoms with E-state index in [0.717, 1.165) is 47.3 Å². The summed E-state index contributed by atoms with van der Waals surface area (Å²) in [5.41, 5.74) is 1.82. The quantitative estimate of drug-likeness (QED) is 0.740. The number of hydrogen-bond acceptors (Lipinski definition) is 3. The maximum Gasteiger partial charge on any atom is 0.269 e. The van der Waals surface area contributed by atoms with E-state index in [1.807, 2.05) is 30.3 Å². The first-order valence-electron chi connectivity index (χ1n) is 8.71. The van der Waals surface area contributed by atoms with Gasteiger partial charge in [0.15, 0.2) is 5.82 Å². The smallest absolute Gasteiger partial charge is 0.269 e. The molecule has 0 spiro atoms. The summed E-state index contributed by atoms with van der Waals surface area (Å²) in [4.78, 5) is 22.8. The minimum atomic E-state index is -0.0327. The van der Waals surface area contributed by atoms with Crippen molar-refractivity contribution in [3.05, 3.63) is 51.5 Å². The van der Waals surface area contributed by atoms with Gasteiger partial charge in [-0.25, -0.2) is 4.98 Å². The second-order valence-electron chi connectivity index (χ2n) is 6.97. The Morgan fingerprint density at radius 3 is 2.92 bits per heavy atom. The van der Waals surface area contributed by atoms with Crippen LogP contribution in [0.3, 0.4) is 0 Å². The zero-order valence-corrected chi connectivity index (χ0v) is 15.7. The number of aromatic amines is 1. The average molecular weight is 375 g/mol. The summed E-state index contributed by atoms with van der Waals surface area (Å²) < 4.78 is 0.690. The van der Waals surface area contributed by atoms with Crippen LogP contribution in [0.15, 0.2) is 35.1 Å². The van der Waals surface area contributed by atoms with E-state index < -0.39 is 0 Å². The fourth-order valence-corrected chi connectivity index (χ4v) is 4.75. The number of aromatic nitrogens is 2. The van der Waals surface area contributed by atoms with Crippen molar-refractivity contribution in [3.8, 4) is 10.4 Å². The molecular formula is C19H21ClN3OS+. The maximum atomic E-state index is 12.5. The molecule has 1 saturated heterocycles. The zero-order valence-electron chi connectivity index (χ0n) is 14.1. The number of quaternary nitrogens is 1. The molecule has 2 N–H and O–H groups in total. The fourth-order valence-electron chi connectivity index (χ4n) is 3.62. The number of H-pyrrole nitrogens is 1. The van der Waals surface area contributed by atoms with E-state index in [-0.39, 0.29) is 5.56 Å². The third kappa shape index (κ3) is 3.64. The van der Waals surface area contributed by atoms with Gasteiger partial charge in [-0.3, -0.25) is 4.79 Å². The molecule has 0 radical (unpaired) electrons. The Kier molecular flexibility index (Phi) is 4.63. The highest BCUT2D eigenvalue weighted by Crippen LogP contribution is 2.31.